The van der Waals surface area contributed by atoms with Crippen molar-refractivity contribution in [2.45, 2.75) is 39.3 Å². The highest BCUT2D eigenvalue weighted by Gasteiger charge is 2.16. The van der Waals surface area contributed by atoms with Crippen LogP contribution in [0.1, 0.15) is 39.3 Å². The lowest BCUT2D eigenvalue weighted by Gasteiger charge is -2.20. The van der Waals surface area contributed by atoms with Crippen molar-refractivity contribution in [3.05, 3.63) is 48.4 Å². The molecule has 0 radical (unpaired) electrons. The molecule has 0 aliphatic carbocycles. The number of ether oxygens (including phenoxy) is 1. The summed E-state index contributed by atoms with van der Waals surface area (Å²) >= 11 is 0. The van der Waals surface area contributed by atoms with Crippen LogP contribution in [0, 0.1) is 0 Å². The Bertz CT molecular complexity index is 615. The van der Waals surface area contributed by atoms with E-state index in [1.165, 1.54) is 0 Å². The van der Waals surface area contributed by atoms with E-state index >= 15 is 0 Å². The molecule has 1 aromatic carbocycles. The Morgan fingerprint density at radius 1 is 1.23 bits per heavy atom. The second kappa shape index (κ2) is 6.56. The lowest BCUT2D eigenvalue weighted by atomic mass is 10.1. The van der Waals surface area contributed by atoms with Crippen LogP contribution in [-0.4, -0.2) is 11.7 Å². The van der Waals surface area contributed by atoms with Crippen molar-refractivity contribution in [2.24, 2.45) is 0 Å². The smallest absolute Gasteiger partial charge is 0.412 e. The van der Waals surface area contributed by atoms with Gasteiger partial charge in [0.15, 0.2) is 0 Å². The molecule has 1 atom stereocenters. The van der Waals surface area contributed by atoms with Gasteiger partial charge in [0.25, 0.3) is 0 Å². The summed E-state index contributed by atoms with van der Waals surface area (Å²) in [4.78, 5) is 11.8. The zero-order chi connectivity index (χ0) is 16.2. The van der Waals surface area contributed by atoms with Crippen LogP contribution in [0.25, 0.3) is 0 Å². The molecule has 0 spiro atoms. The van der Waals surface area contributed by atoms with E-state index in [0.29, 0.717) is 5.69 Å². The van der Waals surface area contributed by atoms with Gasteiger partial charge in [0, 0.05) is 16.9 Å². The van der Waals surface area contributed by atoms with Crippen LogP contribution < -0.4 is 10.6 Å². The predicted molar refractivity (Wildman–Crippen MR) is 87.0 cm³/mol. The number of furan rings is 1. The monoisotopic (exact) mass is 302 g/mol. The molecule has 1 unspecified atom stereocenters. The van der Waals surface area contributed by atoms with Gasteiger partial charge < -0.3 is 14.5 Å². The third kappa shape index (κ3) is 4.84. The molecule has 2 rings (SSSR count). The van der Waals surface area contributed by atoms with Gasteiger partial charge in [-0.3, -0.25) is 5.32 Å². The Morgan fingerprint density at radius 3 is 2.59 bits per heavy atom. The normalized spacial score (nSPS) is 12.5. The quantitative estimate of drug-likeness (QED) is 0.851. The van der Waals surface area contributed by atoms with Crippen molar-refractivity contribution in [1.29, 1.82) is 0 Å². The summed E-state index contributed by atoms with van der Waals surface area (Å²) in [6.45, 7) is 7.53. The first kappa shape index (κ1) is 15.9. The maximum Gasteiger partial charge on any atom is 0.412 e. The number of benzene rings is 1. The Kier molecular flexibility index (Phi) is 4.75. The number of carbonyl (C=O) groups is 1. The standard InChI is InChI=1S/C17H22N2O3/c1-12(13-8-9-21-11-13)18-14-6-5-7-15(10-14)19-16(20)22-17(2,3)4/h5-12,18H,1-4H3,(H,19,20). The molecule has 0 aliphatic heterocycles. The van der Waals surface area contributed by atoms with Crippen LogP contribution in [0.15, 0.2) is 47.3 Å². The third-order valence-corrected chi connectivity index (χ3v) is 2.93. The third-order valence-electron chi connectivity index (χ3n) is 2.93. The van der Waals surface area contributed by atoms with Crippen LogP contribution in [0.4, 0.5) is 16.2 Å². The summed E-state index contributed by atoms with van der Waals surface area (Å²) in [5.41, 5.74) is 2.13. The van der Waals surface area contributed by atoms with E-state index in [-0.39, 0.29) is 6.04 Å². The van der Waals surface area contributed by atoms with Gasteiger partial charge in [0.05, 0.1) is 18.6 Å². The Morgan fingerprint density at radius 2 is 1.95 bits per heavy atom. The minimum Gasteiger partial charge on any atom is -0.472 e. The lowest BCUT2D eigenvalue weighted by molar-refractivity contribution is 0.0636. The molecule has 1 amide bonds. The van der Waals surface area contributed by atoms with Gasteiger partial charge in [-0.25, -0.2) is 4.79 Å². The molecule has 118 valence electrons. The van der Waals surface area contributed by atoms with Crippen LogP contribution in [0.3, 0.4) is 0 Å². The van der Waals surface area contributed by atoms with Gasteiger partial charge in [-0.1, -0.05) is 6.07 Å². The summed E-state index contributed by atoms with van der Waals surface area (Å²) in [5.74, 6) is 0. The topological polar surface area (TPSA) is 63.5 Å². The predicted octanol–water partition coefficient (Wildman–Crippen LogP) is 4.80. The molecule has 2 N–H and O–H groups in total. The minimum atomic E-state index is -0.518. The zero-order valence-electron chi connectivity index (χ0n) is 13.3. The number of hydrogen-bond donors (Lipinski definition) is 2. The molecule has 22 heavy (non-hydrogen) atoms. The lowest BCUT2D eigenvalue weighted by Crippen LogP contribution is -2.27. The Hall–Kier alpha value is -2.43. The highest BCUT2D eigenvalue weighted by molar-refractivity contribution is 5.85. The number of anilines is 2. The van der Waals surface area contributed by atoms with Gasteiger partial charge in [-0.05, 0) is 52.0 Å². The van der Waals surface area contributed by atoms with Crippen molar-refractivity contribution in [1.82, 2.24) is 0 Å². The summed E-state index contributed by atoms with van der Waals surface area (Å²) in [6, 6.07) is 9.52. The first-order valence-corrected chi connectivity index (χ1v) is 7.22. The Labute approximate surface area is 130 Å². The summed E-state index contributed by atoms with van der Waals surface area (Å²) in [5, 5.41) is 6.08. The van der Waals surface area contributed by atoms with Gasteiger partial charge >= 0.3 is 6.09 Å². The summed E-state index contributed by atoms with van der Waals surface area (Å²) < 4.78 is 10.3. The number of hydrogen-bond acceptors (Lipinski definition) is 4. The van der Waals surface area contributed by atoms with Crippen molar-refractivity contribution < 1.29 is 13.9 Å². The van der Waals surface area contributed by atoms with E-state index in [1.807, 2.05) is 58.0 Å². The summed E-state index contributed by atoms with van der Waals surface area (Å²) in [6.07, 6.45) is 2.89. The fraction of sp³-hybridized carbons (Fsp3) is 0.353. The fourth-order valence-corrected chi connectivity index (χ4v) is 1.96. The van der Waals surface area contributed by atoms with Crippen LogP contribution in [0.2, 0.25) is 0 Å². The molecule has 0 saturated carbocycles. The molecule has 1 heterocycles. The number of nitrogens with one attached hydrogen (secondary N) is 2. The second-order valence-corrected chi connectivity index (χ2v) is 6.13. The van der Waals surface area contributed by atoms with Crippen molar-refractivity contribution in [2.75, 3.05) is 10.6 Å². The number of carbonyl (C=O) groups excluding carboxylic acids is 1. The first-order chi connectivity index (χ1) is 10.3. The zero-order valence-corrected chi connectivity index (χ0v) is 13.3. The molecule has 5 nitrogen and oxygen atoms in total. The highest BCUT2D eigenvalue weighted by Crippen LogP contribution is 2.22. The number of amides is 1. The average Bonchev–Trinajstić information content (AvgIpc) is 2.90. The molecule has 1 aromatic heterocycles. The number of rotatable bonds is 4. The molecular weight excluding hydrogens is 280 g/mol. The maximum absolute atomic E-state index is 11.8. The first-order valence-electron chi connectivity index (χ1n) is 7.22. The van der Waals surface area contributed by atoms with Gasteiger partial charge in [0.2, 0.25) is 0 Å². The molecular formula is C17H22N2O3. The molecule has 2 aromatic rings. The Balaban J connectivity index is 1.99. The molecule has 0 saturated heterocycles. The maximum atomic E-state index is 11.8. The second-order valence-electron chi connectivity index (χ2n) is 6.13. The van der Waals surface area contributed by atoms with Crippen LogP contribution in [-0.2, 0) is 4.74 Å². The van der Waals surface area contributed by atoms with E-state index in [4.69, 9.17) is 9.15 Å². The molecule has 0 bridgehead atoms. The van der Waals surface area contributed by atoms with Crippen molar-refractivity contribution in [3.8, 4) is 0 Å². The van der Waals surface area contributed by atoms with Crippen molar-refractivity contribution in [3.63, 3.8) is 0 Å². The van der Waals surface area contributed by atoms with E-state index in [1.54, 1.807) is 12.5 Å². The van der Waals surface area contributed by atoms with Gasteiger partial charge in [-0.2, -0.15) is 0 Å². The van der Waals surface area contributed by atoms with E-state index in [9.17, 15) is 4.79 Å². The SMILES string of the molecule is CC(Nc1cccc(NC(=O)OC(C)(C)C)c1)c1ccoc1. The van der Waals surface area contributed by atoms with Gasteiger partial charge in [0.1, 0.15) is 5.60 Å². The van der Waals surface area contributed by atoms with Crippen molar-refractivity contribution >= 4 is 17.5 Å². The molecule has 5 heteroatoms. The highest BCUT2D eigenvalue weighted by atomic mass is 16.6. The largest absolute Gasteiger partial charge is 0.472 e. The van der Waals surface area contributed by atoms with Gasteiger partial charge in [-0.15, -0.1) is 0 Å². The van der Waals surface area contributed by atoms with Crippen LogP contribution in [0.5, 0.6) is 0 Å². The molecule has 0 aliphatic rings. The summed E-state index contributed by atoms with van der Waals surface area (Å²) in [7, 11) is 0. The van der Waals surface area contributed by atoms with E-state index in [2.05, 4.69) is 10.6 Å². The van der Waals surface area contributed by atoms with E-state index < -0.39 is 11.7 Å². The molecule has 0 fully saturated rings. The van der Waals surface area contributed by atoms with Crippen LogP contribution >= 0.6 is 0 Å². The minimum absolute atomic E-state index is 0.107. The fourth-order valence-electron chi connectivity index (χ4n) is 1.96. The van der Waals surface area contributed by atoms with E-state index in [0.717, 1.165) is 11.3 Å². The average molecular weight is 302 g/mol.